The molecule has 0 saturated carbocycles. The average Bonchev–Trinajstić information content (AvgIpc) is 2.38. The van der Waals surface area contributed by atoms with Crippen LogP contribution in [0, 0.1) is 0 Å². The van der Waals surface area contributed by atoms with Crippen molar-refractivity contribution in [3.8, 4) is 5.88 Å². The van der Waals surface area contributed by atoms with Crippen LogP contribution in [0.1, 0.15) is 0 Å². The number of rotatable bonds is 4. The molecule has 5 nitrogen and oxygen atoms in total. The van der Waals surface area contributed by atoms with Gasteiger partial charge in [-0.1, -0.05) is 0 Å². The Labute approximate surface area is 93.6 Å². The van der Waals surface area contributed by atoms with Gasteiger partial charge in [0.1, 0.15) is 13.3 Å². The molecule has 0 radical (unpaired) electrons. The van der Waals surface area contributed by atoms with Gasteiger partial charge in [0.05, 0.1) is 12.4 Å². The van der Waals surface area contributed by atoms with Crippen LogP contribution in [0.2, 0.25) is 0 Å². The maximum absolute atomic E-state index is 11.9. The molecule has 6 heteroatoms. The molecule has 1 aromatic heterocycles. The lowest BCUT2D eigenvalue weighted by Gasteiger charge is -2.28. The molecule has 0 unspecified atom stereocenters. The Morgan fingerprint density at radius 1 is 1.38 bits per heavy atom. The minimum atomic E-state index is -0.514. The first-order valence-corrected chi connectivity index (χ1v) is 5.36. The largest absolute Gasteiger partial charge is 0.474 e. The number of hydrogen-bond donors (Lipinski definition) is 1. The topological polar surface area (TPSA) is 50.3 Å². The van der Waals surface area contributed by atoms with Crippen LogP contribution in [0.25, 0.3) is 0 Å². The number of piperazine rings is 1. The van der Waals surface area contributed by atoms with Gasteiger partial charge in [0.2, 0.25) is 5.88 Å². The van der Waals surface area contributed by atoms with E-state index in [-0.39, 0.29) is 6.61 Å². The summed E-state index contributed by atoms with van der Waals surface area (Å²) < 4.78 is 17.0. The highest BCUT2D eigenvalue weighted by atomic mass is 19.1. The highest BCUT2D eigenvalue weighted by Gasteiger charge is 2.12. The molecule has 0 aliphatic carbocycles. The van der Waals surface area contributed by atoms with Crippen molar-refractivity contribution in [3.05, 3.63) is 12.4 Å². The normalized spacial score (nSPS) is 16.2. The van der Waals surface area contributed by atoms with Gasteiger partial charge in [-0.2, -0.15) is 4.98 Å². The minimum absolute atomic E-state index is 0.0275. The van der Waals surface area contributed by atoms with Crippen molar-refractivity contribution in [1.29, 1.82) is 0 Å². The smallest absolute Gasteiger partial charge is 0.234 e. The minimum Gasteiger partial charge on any atom is -0.474 e. The van der Waals surface area contributed by atoms with E-state index in [1.807, 2.05) is 0 Å². The number of anilines is 1. The van der Waals surface area contributed by atoms with E-state index in [4.69, 9.17) is 4.74 Å². The van der Waals surface area contributed by atoms with Crippen molar-refractivity contribution >= 4 is 5.82 Å². The lowest BCUT2D eigenvalue weighted by atomic mass is 10.3. The maximum Gasteiger partial charge on any atom is 0.234 e. The molecule has 1 aliphatic rings. The summed E-state index contributed by atoms with van der Waals surface area (Å²) in [6, 6.07) is 0. The Morgan fingerprint density at radius 3 is 2.94 bits per heavy atom. The molecule has 1 saturated heterocycles. The summed E-state index contributed by atoms with van der Waals surface area (Å²) in [5, 5.41) is 3.26. The number of nitrogens with one attached hydrogen (secondary N) is 1. The van der Waals surface area contributed by atoms with Gasteiger partial charge < -0.3 is 15.0 Å². The number of alkyl halides is 1. The molecular weight excluding hydrogens is 211 g/mol. The molecule has 1 aliphatic heterocycles. The lowest BCUT2D eigenvalue weighted by Crippen LogP contribution is -2.43. The fourth-order valence-corrected chi connectivity index (χ4v) is 1.60. The van der Waals surface area contributed by atoms with E-state index >= 15 is 0 Å². The zero-order chi connectivity index (χ0) is 11.2. The van der Waals surface area contributed by atoms with Crippen molar-refractivity contribution in [1.82, 2.24) is 15.3 Å². The van der Waals surface area contributed by atoms with Crippen molar-refractivity contribution in [2.75, 3.05) is 44.4 Å². The quantitative estimate of drug-likeness (QED) is 0.796. The molecule has 1 aromatic rings. The lowest BCUT2D eigenvalue weighted by molar-refractivity contribution is 0.263. The monoisotopic (exact) mass is 226 g/mol. The Hall–Kier alpha value is -1.43. The molecule has 0 amide bonds. The number of hydrogen-bond acceptors (Lipinski definition) is 5. The summed E-state index contributed by atoms with van der Waals surface area (Å²) in [4.78, 5) is 10.5. The van der Waals surface area contributed by atoms with Gasteiger partial charge in [-0.05, 0) is 0 Å². The van der Waals surface area contributed by atoms with E-state index in [1.54, 1.807) is 6.20 Å². The third-order valence-corrected chi connectivity index (χ3v) is 2.37. The van der Waals surface area contributed by atoms with Gasteiger partial charge in [0, 0.05) is 26.2 Å². The number of aromatic nitrogens is 2. The predicted molar refractivity (Wildman–Crippen MR) is 58.6 cm³/mol. The van der Waals surface area contributed by atoms with E-state index in [1.165, 1.54) is 6.20 Å². The van der Waals surface area contributed by atoms with Gasteiger partial charge in [0.25, 0.3) is 0 Å². The van der Waals surface area contributed by atoms with Crippen LogP contribution in [-0.4, -0.2) is 49.4 Å². The highest BCUT2D eigenvalue weighted by Crippen LogP contribution is 2.14. The summed E-state index contributed by atoms with van der Waals surface area (Å²) in [6.07, 6.45) is 3.20. The highest BCUT2D eigenvalue weighted by molar-refractivity contribution is 5.38. The Morgan fingerprint density at radius 2 is 2.19 bits per heavy atom. The Bertz CT molecular complexity index is 330. The number of ether oxygens (including phenoxy) is 1. The van der Waals surface area contributed by atoms with E-state index in [0.29, 0.717) is 5.88 Å². The van der Waals surface area contributed by atoms with Gasteiger partial charge in [0.15, 0.2) is 5.82 Å². The van der Waals surface area contributed by atoms with E-state index in [9.17, 15) is 4.39 Å². The second kappa shape index (κ2) is 5.60. The molecule has 0 atom stereocenters. The summed E-state index contributed by atoms with van der Waals surface area (Å²) in [7, 11) is 0. The van der Waals surface area contributed by atoms with Crippen molar-refractivity contribution in [2.45, 2.75) is 0 Å². The number of halogens is 1. The van der Waals surface area contributed by atoms with Crippen molar-refractivity contribution < 1.29 is 9.13 Å². The van der Waals surface area contributed by atoms with Crippen LogP contribution < -0.4 is 15.0 Å². The molecular formula is C10H15FN4O. The van der Waals surface area contributed by atoms with Crippen LogP contribution in [0.15, 0.2) is 12.4 Å². The fraction of sp³-hybridized carbons (Fsp3) is 0.600. The van der Waals surface area contributed by atoms with Crippen LogP contribution in [0.5, 0.6) is 5.88 Å². The number of nitrogens with zero attached hydrogens (tertiary/aromatic N) is 3. The Balaban J connectivity index is 2.02. The molecule has 2 heterocycles. The maximum atomic E-state index is 11.9. The van der Waals surface area contributed by atoms with Crippen LogP contribution >= 0.6 is 0 Å². The molecule has 1 fully saturated rings. The van der Waals surface area contributed by atoms with Crippen LogP contribution in [0.4, 0.5) is 10.2 Å². The third-order valence-electron chi connectivity index (χ3n) is 2.37. The predicted octanol–water partition coefficient (Wildman–Crippen LogP) is 0.234. The van der Waals surface area contributed by atoms with Gasteiger partial charge >= 0.3 is 0 Å². The molecule has 2 rings (SSSR count). The first-order chi connectivity index (χ1) is 7.90. The van der Waals surface area contributed by atoms with Gasteiger partial charge in [-0.25, -0.2) is 4.39 Å². The Kier molecular flexibility index (Phi) is 3.87. The zero-order valence-electron chi connectivity index (χ0n) is 9.03. The SMILES string of the molecule is FCCOc1cncc(N2CCNCC2)n1. The van der Waals surface area contributed by atoms with E-state index in [2.05, 4.69) is 20.2 Å². The van der Waals surface area contributed by atoms with Gasteiger partial charge in [-0.3, -0.25) is 4.98 Å². The molecule has 0 bridgehead atoms. The van der Waals surface area contributed by atoms with E-state index in [0.717, 1.165) is 32.0 Å². The second-order valence-corrected chi connectivity index (χ2v) is 3.49. The first-order valence-electron chi connectivity index (χ1n) is 5.36. The average molecular weight is 226 g/mol. The third kappa shape index (κ3) is 2.79. The summed E-state index contributed by atoms with van der Waals surface area (Å²) in [5.74, 6) is 1.17. The summed E-state index contributed by atoms with van der Waals surface area (Å²) in [5.41, 5.74) is 0. The van der Waals surface area contributed by atoms with Crippen molar-refractivity contribution in [2.24, 2.45) is 0 Å². The van der Waals surface area contributed by atoms with Crippen LogP contribution in [0.3, 0.4) is 0 Å². The first kappa shape index (κ1) is 11.1. The van der Waals surface area contributed by atoms with Gasteiger partial charge in [-0.15, -0.1) is 0 Å². The van der Waals surface area contributed by atoms with E-state index < -0.39 is 6.67 Å². The molecule has 16 heavy (non-hydrogen) atoms. The van der Waals surface area contributed by atoms with Crippen LogP contribution in [-0.2, 0) is 0 Å². The fourth-order valence-electron chi connectivity index (χ4n) is 1.60. The summed E-state index contributed by atoms with van der Waals surface area (Å²) in [6.45, 7) is 3.20. The zero-order valence-corrected chi connectivity index (χ0v) is 9.03. The summed E-state index contributed by atoms with van der Waals surface area (Å²) >= 11 is 0. The molecule has 88 valence electrons. The van der Waals surface area contributed by atoms with Crippen molar-refractivity contribution in [3.63, 3.8) is 0 Å². The second-order valence-electron chi connectivity index (χ2n) is 3.49. The molecule has 0 spiro atoms. The standard InChI is InChI=1S/C10H15FN4O/c11-1-6-16-10-8-13-7-9(14-10)15-4-2-12-3-5-15/h7-8,12H,1-6H2. The molecule has 1 N–H and O–H groups in total. The molecule has 0 aromatic carbocycles.